The van der Waals surface area contributed by atoms with Gasteiger partial charge >= 0.3 is 0 Å². The molecule has 17 heavy (non-hydrogen) atoms. The van der Waals surface area contributed by atoms with E-state index in [0.29, 0.717) is 0 Å². The van der Waals surface area contributed by atoms with Gasteiger partial charge in [0.15, 0.2) is 0 Å². The summed E-state index contributed by atoms with van der Waals surface area (Å²) in [4.78, 5) is 4.44. The molecule has 0 radical (unpaired) electrons. The highest BCUT2D eigenvalue weighted by atomic mass is 16.3. The molecule has 96 valence electrons. The number of nitrogens with one attached hydrogen (secondary N) is 2. The Bertz CT molecular complexity index is 339. The Kier molecular flexibility index (Phi) is 5.22. The van der Waals surface area contributed by atoms with E-state index in [4.69, 9.17) is 5.11 Å². The zero-order valence-corrected chi connectivity index (χ0v) is 11.0. The molecule has 0 fully saturated rings. The minimum absolute atomic E-state index is 0.0740. The number of aromatic nitrogens is 1. The molecule has 0 unspecified atom stereocenters. The van der Waals surface area contributed by atoms with Crippen molar-refractivity contribution in [1.29, 1.82) is 0 Å². The number of aliphatic hydroxyl groups is 1. The fraction of sp³-hybridized carbons (Fsp3) is 0.615. The third-order valence-electron chi connectivity index (χ3n) is 2.64. The first-order chi connectivity index (χ1) is 8.07. The summed E-state index contributed by atoms with van der Waals surface area (Å²) >= 11 is 0. The van der Waals surface area contributed by atoms with Gasteiger partial charge in [0.2, 0.25) is 0 Å². The van der Waals surface area contributed by atoms with Crippen molar-refractivity contribution in [1.82, 2.24) is 4.98 Å². The van der Waals surface area contributed by atoms with Gasteiger partial charge in [-0.2, -0.15) is 0 Å². The minimum Gasteiger partial charge on any atom is -0.396 e. The topological polar surface area (TPSA) is 57.2 Å². The molecule has 1 aromatic rings. The van der Waals surface area contributed by atoms with Crippen molar-refractivity contribution >= 4 is 11.6 Å². The molecule has 1 rings (SSSR count). The average Bonchev–Trinajstić information content (AvgIpc) is 2.28. The molecule has 0 atom stereocenters. The van der Waals surface area contributed by atoms with Crippen LogP contribution in [0.5, 0.6) is 0 Å². The summed E-state index contributed by atoms with van der Waals surface area (Å²) in [7, 11) is 0. The van der Waals surface area contributed by atoms with Gasteiger partial charge in [-0.05, 0) is 30.9 Å². The van der Waals surface area contributed by atoms with Crippen molar-refractivity contribution in [2.45, 2.75) is 27.2 Å². The Morgan fingerprint density at radius 1 is 1.24 bits per heavy atom. The van der Waals surface area contributed by atoms with Crippen LogP contribution in [0.2, 0.25) is 0 Å². The van der Waals surface area contributed by atoms with E-state index in [1.807, 2.05) is 25.1 Å². The van der Waals surface area contributed by atoms with Gasteiger partial charge in [0.05, 0.1) is 0 Å². The summed E-state index contributed by atoms with van der Waals surface area (Å²) in [5.41, 5.74) is 0.0740. The average molecular weight is 237 g/mol. The molecule has 4 heteroatoms. The summed E-state index contributed by atoms with van der Waals surface area (Å²) in [5, 5.41) is 15.4. The summed E-state index contributed by atoms with van der Waals surface area (Å²) < 4.78 is 0. The van der Waals surface area contributed by atoms with Gasteiger partial charge < -0.3 is 15.7 Å². The van der Waals surface area contributed by atoms with E-state index in [1.165, 1.54) is 0 Å². The normalized spacial score (nSPS) is 11.3. The van der Waals surface area contributed by atoms with Crippen LogP contribution in [-0.2, 0) is 0 Å². The maximum atomic E-state index is 8.96. The van der Waals surface area contributed by atoms with Crippen LogP contribution in [0.4, 0.5) is 11.6 Å². The molecule has 0 saturated carbocycles. The summed E-state index contributed by atoms with van der Waals surface area (Å²) in [6.45, 7) is 8.20. The highest BCUT2D eigenvalue weighted by Gasteiger charge is 2.16. The van der Waals surface area contributed by atoms with Gasteiger partial charge in [0, 0.05) is 19.7 Å². The first-order valence-corrected chi connectivity index (χ1v) is 6.13. The minimum atomic E-state index is 0.0740. The second-order valence-electron chi connectivity index (χ2n) is 4.93. The monoisotopic (exact) mass is 237 g/mol. The molecule has 0 aliphatic heterocycles. The third-order valence-corrected chi connectivity index (χ3v) is 2.64. The van der Waals surface area contributed by atoms with E-state index in [0.717, 1.165) is 31.1 Å². The molecule has 0 amide bonds. The van der Waals surface area contributed by atoms with Crippen LogP contribution in [-0.4, -0.2) is 29.8 Å². The Hall–Kier alpha value is -1.29. The van der Waals surface area contributed by atoms with E-state index < -0.39 is 0 Å². The Morgan fingerprint density at radius 2 is 1.88 bits per heavy atom. The lowest BCUT2D eigenvalue weighted by Gasteiger charge is -2.24. The lowest BCUT2D eigenvalue weighted by atomic mass is 9.90. The van der Waals surface area contributed by atoms with E-state index in [2.05, 4.69) is 29.5 Å². The molecule has 0 spiro atoms. The first-order valence-electron chi connectivity index (χ1n) is 6.13. The number of pyridine rings is 1. The van der Waals surface area contributed by atoms with Crippen LogP contribution in [0.1, 0.15) is 27.2 Å². The molecule has 1 heterocycles. The number of rotatable bonds is 7. The maximum Gasteiger partial charge on any atom is 0.128 e. The van der Waals surface area contributed by atoms with Gasteiger partial charge in [-0.3, -0.25) is 0 Å². The second-order valence-corrected chi connectivity index (χ2v) is 4.93. The summed E-state index contributed by atoms with van der Waals surface area (Å²) in [6, 6.07) is 5.88. The van der Waals surface area contributed by atoms with Gasteiger partial charge in [-0.25, -0.2) is 4.98 Å². The zero-order chi connectivity index (χ0) is 12.7. The standard InChI is InChI=1S/C13H23N3O/c1-4-14-11-6-5-7-12(16-11)15-10-13(2,3)8-9-17/h5-7,17H,4,8-10H2,1-3H3,(H2,14,15,16). The molecule has 1 aromatic heterocycles. The molecular formula is C13H23N3O. The smallest absolute Gasteiger partial charge is 0.128 e. The SMILES string of the molecule is CCNc1cccc(NCC(C)(C)CCO)n1. The fourth-order valence-electron chi connectivity index (χ4n) is 1.53. The third kappa shape index (κ3) is 5.04. The van der Waals surface area contributed by atoms with Crippen LogP contribution < -0.4 is 10.6 Å². The number of aliphatic hydroxyl groups excluding tert-OH is 1. The molecule has 0 aliphatic carbocycles. The van der Waals surface area contributed by atoms with Crippen molar-refractivity contribution in [3.05, 3.63) is 18.2 Å². The highest BCUT2D eigenvalue weighted by Crippen LogP contribution is 2.20. The van der Waals surface area contributed by atoms with Crippen molar-refractivity contribution in [3.63, 3.8) is 0 Å². The van der Waals surface area contributed by atoms with Gasteiger partial charge in [0.25, 0.3) is 0 Å². The number of hydrogen-bond donors (Lipinski definition) is 3. The molecule has 0 bridgehead atoms. The van der Waals surface area contributed by atoms with Crippen LogP contribution in [0.3, 0.4) is 0 Å². The predicted octanol–water partition coefficient (Wildman–Crippen LogP) is 2.33. The van der Waals surface area contributed by atoms with Crippen molar-refractivity contribution in [3.8, 4) is 0 Å². The maximum absolute atomic E-state index is 8.96. The van der Waals surface area contributed by atoms with E-state index in [9.17, 15) is 0 Å². The Balaban J connectivity index is 2.53. The molecule has 3 N–H and O–H groups in total. The Morgan fingerprint density at radius 3 is 2.47 bits per heavy atom. The molecule has 4 nitrogen and oxygen atoms in total. The van der Waals surface area contributed by atoms with Crippen LogP contribution in [0, 0.1) is 5.41 Å². The van der Waals surface area contributed by atoms with E-state index >= 15 is 0 Å². The van der Waals surface area contributed by atoms with Crippen molar-refractivity contribution < 1.29 is 5.11 Å². The van der Waals surface area contributed by atoms with E-state index in [-0.39, 0.29) is 12.0 Å². The number of hydrogen-bond acceptors (Lipinski definition) is 4. The van der Waals surface area contributed by atoms with Gasteiger partial charge in [-0.1, -0.05) is 19.9 Å². The quantitative estimate of drug-likeness (QED) is 0.681. The van der Waals surface area contributed by atoms with E-state index in [1.54, 1.807) is 0 Å². The Labute approximate surface area is 103 Å². The predicted molar refractivity (Wildman–Crippen MR) is 72.4 cm³/mol. The highest BCUT2D eigenvalue weighted by molar-refractivity contribution is 5.45. The first kappa shape index (κ1) is 13.8. The summed E-state index contributed by atoms with van der Waals surface area (Å²) in [6.07, 6.45) is 0.785. The fourth-order valence-corrected chi connectivity index (χ4v) is 1.53. The molecule has 0 saturated heterocycles. The van der Waals surface area contributed by atoms with Gasteiger partial charge in [-0.15, -0.1) is 0 Å². The van der Waals surface area contributed by atoms with Crippen LogP contribution >= 0.6 is 0 Å². The largest absolute Gasteiger partial charge is 0.396 e. The lowest BCUT2D eigenvalue weighted by molar-refractivity contribution is 0.220. The van der Waals surface area contributed by atoms with Crippen molar-refractivity contribution in [2.24, 2.45) is 5.41 Å². The molecule has 0 aromatic carbocycles. The number of nitrogens with zero attached hydrogens (tertiary/aromatic N) is 1. The van der Waals surface area contributed by atoms with Gasteiger partial charge in [0.1, 0.15) is 11.6 Å². The van der Waals surface area contributed by atoms with Crippen LogP contribution in [0.15, 0.2) is 18.2 Å². The lowest BCUT2D eigenvalue weighted by Crippen LogP contribution is -2.24. The molecule has 0 aliphatic rings. The summed E-state index contributed by atoms with van der Waals surface area (Å²) in [5.74, 6) is 1.76. The zero-order valence-electron chi connectivity index (χ0n) is 11.0. The van der Waals surface area contributed by atoms with Crippen LogP contribution in [0.25, 0.3) is 0 Å². The number of anilines is 2. The molecular weight excluding hydrogens is 214 g/mol. The second kappa shape index (κ2) is 6.45. The van der Waals surface area contributed by atoms with Crippen molar-refractivity contribution in [2.75, 3.05) is 30.3 Å².